The molecule has 0 saturated carbocycles. The smallest absolute Gasteiger partial charge is 0.356 e. The quantitative estimate of drug-likeness (QED) is 0.868. The van der Waals surface area contributed by atoms with Gasteiger partial charge in [-0.1, -0.05) is 39.0 Å². The molecule has 1 aromatic carbocycles. The van der Waals surface area contributed by atoms with Gasteiger partial charge in [-0.25, -0.2) is 9.48 Å². The summed E-state index contributed by atoms with van der Waals surface area (Å²) in [6.07, 6.45) is 0. The second-order valence-corrected chi connectivity index (χ2v) is 5.41. The van der Waals surface area contributed by atoms with E-state index < -0.39 is 5.97 Å². The lowest BCUT2D eigenvalue weighted by molar-refractivity contribution is 0.0687. The van der Waals surface area contributed by atoms with Gasteiger partial charge in [0.2, 0.25) is 0 Å². The predicted molar refractivity (Wildman–Crippen MR) is 73.6 cm³/mol. The number of nitrogen functional groups attached to an aromatic ring is 1. The molecule has 100 valence electrons. The van der Waals surface area contributed by atoms with Crippen LogP contribution in [0.1, 0.15) is 36.8 Å². The number of benzene rings is 1. The van der Waals surface area contributed by atoms with E-state index in [4.69, 9.17) is 5.73 Å². The molecule has 0 bridgehead atoms. The molecule has 0 aliphatic carbocycles. The van der Waals surface area contributed by atoms with Crippen molar-refractivity contribution in [2.45, 2.75) is 26.2 Å². The van der Waals surface area contributed by atoms with Crippen LogP contribution in [0.5, 0.6) is 0 Å². The van der Waals surface area contributed by atoms with Crippen LogP contribution in [0, 0.1) is 0 Å². The normalized spacial score (nSPS) is 11.5. The lowest BCUT2D eigenvalue weighted by Gasteiger charge is -2.18. The zero-order valence-electron chi connectivity index (χ0n) is 11.2. The van der Waals surface area contributed by atoms with Crippen molar-refractivity contribution in [3.05, 3.63) is 41.6 Å². The van der Waals surface area contributed by atoms with Crippen LogP contribution in [0.3, 0.4) is 0 Å². The van der Waals surface area contributed by atoms with Gasteiger partial charge in [0.1, 0.15) is 5.82 Å². The van der Waals surface area contributed by atoms with Crippen molar-refractivity contribution >= 4 is 11.8 Å². The number of carbonyl (C=O) groups is 1. The minimum atomic E-state index is -1.06. The van der Waals surface area contributed by atoms with Crippen LogP contribution < -0.4 is 5.73 Å². The van der Waals surface area contributed by atoms with Gasteiger partial charge in [-0.3, -0.25) is 0 Å². The zero-order chi connectivity index (χ0) is 14.2. The number of carboxylic acids is 1. The first-order chi connectivity index (χ1) is 8.82. The zero-order valence-corrected chi connectivity index (χ0v) is 11.2. The second-order valence-electron chi connectivity index (χ2n) is 5.41. The maximum atomic E-state index is 11.3. The molecule has 0 saturated heterocycles. The van der Waals surface area contributed by atoms with E-state index in [1.54, 1.807) is 0 Å². The molecule has 0 radical (unpaired) electrons. The Morgan fingerprint density at radius 3 is 2.26 bits per heavy atom. The molecule has 19 heavy (non-hydrogen) atoms. The number of hydrogen-bond donors (Lipinski definition) is 2. The summed E-state index contributed by atoms with van der Waals surface area (Å²) in [7, 11) is 0. The van der Waals surface area contributed by atoms with Crippen LogP contribution in [0.15, 0.2) is 30.3 Å². The molecule has 0 fully saturated rings. The molecular weight excluding hydrogens is 242 g/mol. The minimum absolute atomic E-state index is 0.00820. The molecule has 0 spiro atoms. The summed E-state index contributed by atoms with van der Waals surface area (Å²) < 4.78 is 1.48. The van der Waals surface area contributed by atoms with Gasteiger partial charge in [0.15, 0.2) is 5.69 Å². The van der Waals surface area contributed by atoms with Crippen molar-refractivity contribution in [1.82, 2.24) is 9.78 Å². The number of aromatic carboxylic acids is 1. The molecule has 2 aromatic rings. The van der Waals surface area contributed by atoms with Gasteiger partial charge in [0.05, 0.1) is 5.69 Å². The molecule has 0 amide bonds. The number of para-hydroxylation sites is 1. The van der Waals surface area contributed by atoms with Gasteiger partial charge in [0, 0.05) is 5.56 Å². The number of hydrogen-bond acceptors (Lipinski definition) is 3. The van der Waals surface area contributed by atoms with E-state index in [-0.39, 0.29) is 11.1 Å². The fourth-order valence-electron chi connectivity index (χ4n) is 2.09. The maximum Gasteiger partial charge on any atom is 0.356 e. The summed E-state index contributed by atoms with van der Waals surface area (Å²) in [6.45, 7) is 5.76. The Morgan fingerprint density at radius 2 is 1.84 bits per heavy atom. The summed E-state index contributed by atoms with van der Waals surface area (Å²) in [5, 5.41) is 13.4. The maximum absolute atomic E-state index is 11.3. The first-order valence-corrected chi connectivity index (χ1v) is 6.00. The topological polar surface area (TPSA) is 81.1 Å². The van der Waals surface area contributed by atoms with Crippen LogP contribution in [0.4, 0.5) is 5.82 Å². The monoisotopic (exact) mass is 259 g/mol. The van der Waals surface area contributed by atoms with Gasteiger partial charge >= 0.3 is 5.97 Å². The van der Waals surface area contributed by atoms with Gasteiger partial charge < -0.3 is 10.8 Å². The van der Waals surface area contributed by atoms with Crippen LogP contribution >= 0.6 is 0 Å². The number of anilines is 1. The molecule has 0 unspecified atom stereocenters. The fourth-order valence-corrected chi connectivity index (χ4v) is 2.09. The fraction of sp³-hybridized carbons (Fsp3) is 0.286. The molecule has 5 nitrogen and oxygen atoms in total. The highest BCUT2D eigenvalue weighted by molar-refractivity contribution is 5.89. The van der Waals surface area contributed by atoms with Gasteiger partial charge in [-0.15, -0.1) is 0 Å². The van der Waals surface area contributed by atoms with E-state index in [1.807, 2.05) is 51.1 Å². The van der Waals surface area contributed by atoms with Gasteiger partial charge in [-0.2, -0.15) is 5.10 Å². The summed E-state index contributed by atoms with van der Waals surface area (Å²) in [5.74, 6) is -0.692. The molecule has 3 N–H and O–H groups in total. The first kappa shape index (κ1) is 13.1. The van der Waals surface area contributed by atoms with Gasteiger partial charge in [0.25, 0.3) is 0 Å². The Labute approximate surface area is 111 Å². The van der Waals surface area contributed by atoms with Crippen molar-refractivity contribution < 1.29 is 9.90 Å². The van der Waals surface area contributed by atoms with E-state index in [2.05, 4.69) is 5.10 Å². The van der Waals surface area contributed by atoms with Crippen molar-refractivity contribution in [1.29, 1.82) is 0 Å². The lowest BCUT2D eigenvalue weighted by atomic mass is 9.86. The van der Waals surface area contributed by atoms with Crippen molar-refractivity contribution in [3.63, 3.8) is 0 Å². The highest BCUT2D eigenvalue weighted by Gasteiger charge is 2.30. The molecule has 0 atom stereocenters. The Bertz CT molecular complexity index is 610. The summed E-state index contributed by atoms with van der Waals surface area (Å²) >= 11 is 0. The third-order valence-corrected chi connectivity index (χ3v) is 2.87. The highest BCUT2D eigenvalue weighted by atomic mass is 16.4. The predicted octanol–water partition coefficient (Wildman–Crippen LogP) is 2.45. The molecule has 0 aliphatic heterocycles. The molecule has 2 rings (SSSR count). The number of carboxylic acid groups (broad SMARTS) is 1. The molecule has 1 aromatic heterocycles. The van der Waals surface area contributed by atoms with E-state index in [0.717, 1.165) is 5.69 Å². The number of rotatable bonds is 2. The van der Waals surface area contributed by atoms with Crippen LogP contribution in [-0.2, 0) is 5.41 Å². The van der Waals surface area contributed by atoms with Crippen molar-refractivity contribution in [2.75, 3.05) is 5.73 Å². The molecule has 1 heterocycles. The van der Waals surface area contributed by atoms with E-state index in [0.29, 0.717) is 11.4 Å². The molecule has 5 heteroatoms. The number of aromatic nitrogens is 2. The largest absolute Gasteiger partial charge is 0.476 e. The first-order valence-electron chi connectivity index (χ1n) is 6.00. The Kier molecular flexibility index (Phi) is 3.06. The Morgan fingerprint density at radius 1 is 1.26 bits per heavy atom. The van der Waals surface area contributed by atoms with Crippen LogP contribution in [0.25, 0.3) is 5.69 Å². The van der Waals surface area contributed by atoms with Crippen molar-refractivity contribution in [2.24, 2.45) is 0 Å². The van der Waals surface area contributed by atoms with Crippen LogP contribution in [0.2, 0.25) is 0 Å². The standard InChI is InChI=1S/C14H17N3O2/c1-14(2,3)10-11(13(18)19)16-17(12(10)15)9-7-5-4-6-8-9/h4-8H,15H2,1-3H3,(H,18,19). The number of nitrogens with two attached hydrogens (primary N) is 1. The summed E-state index contributed by atoms with van der Waals surface area (Å²) in [4.78, 5) is 11.3. The van der Waals surface area contributed by atoms with Crippen molar-refractivity contribution in [3.8, 4) is 5.69 Å². The SMILES string of the molecule is CC(C)(C)c1c(C(=O)O)nn(-c2ccccc2)c1N. The summed E-state index contributed by atoms with van der Waals surface area (Å²) in [5.41, 5.74) is 7.03. The average Bonchev–Trinajstić information content (AvgIpc) is 2.68. The van der Waals surface area contributed by atoms with Crippen LogP contribution in [-0.4, -0.2) is 20.9 Å². The number of nitrogens with zero attached hydrogens (tertiary/aromatic N) is 2. The lowest BCUT2D eigenvalue weighted by Crippen LogP contribution is -2.17. The Balaban J connectivity index is 2.70. The van der Waals surface area contributed by atoms with E-state index in [9.17, 15) is 9.90 Å². The minimum Gasteiger partial charge on any atom is -0.476 e. The Hall–Kier alpha value is -2.30. The summed E-state index contributed by atoms with van der Waals surface area (Å²) in [6, 6.07) is 9.26. The third kappa shape index (κ3) is 2.31. The highest BCUT2D eigenvalue weighted by Crippen LogP contribution is 2.32. The average molecular weight is 259 g/mol. The third-order valence-electron chi connectivity index (χ3n) is 2.87. The van der Waals surface area contributed by atoms with E-state index in [1.165, 1.54) is 4.68 Å². The molecule has 0 aliphatic rings. The molecular formula is C14H17N3O2. The second kappa shape index (κ2) is 4.42. The van der Waals surface area contributed by atoms with E-state index >= 15 is 0 Å². The van der Waals surface area contributed by atoms with Gasteiger partial charge in [-0.05, 0) is 17.5 Å².